The Hall–Kier alpha value is -3.14. The molecule has 2 aromatic heterocycles. The molecular weight excluding hydrogens is 276 g/mol. The lowest BCUT2D eigenvalue weighted by atomic mass is 10.1. The highest BCUT2D eigenvalue weighted by Gasteiger charge is 2.18. The molecule has 0 spiro atoms. The Morgan fingerprint density at radius 3 is 2.27 bits per heavy atom. The van der Waals surface area contributed by atoms with E-state index in [4.69, 9.17) is 0 Å². The third kappa shape index (κ3) is 1.22. The minimum Gasteiger partial charge on any atom is -0.308 e. The lowest BCUT2D eigenvalue weighted by Gasteiger charge is -1.97. The maximum absolute atomic E-state index is 11.1. The molecule has 0 unspecified atom stereocenters. The number of para-hydroxylation sites is 2. The van der Waals surface area contributed by atoms with E-state index in [0.29, 0.717) is 0 Å². The summed E-state index contributed by atoms with van der Waals surface area (Å²) in [4.78, 5) is 10.7. The van der Waals surface area contributed by atoms with Crippen molar-refractivity contribution in [2.24, 2.45) is 0 Å². The van der Waals surface area contributed by atoms with E-state index in [1.54, 1.807) is 12.1 Å². The highest BCUT2D eigenvalue weighted by Crippen LogP contribution is 2.39. The van der Waals surface area contributed by atoms with Crippen LogP contribution in [0.3, 0.4) is 0 Å². The first-order valence-corrected chi connectivity index (χ1v) is 7.07. The molecule has 0 saturated carbocycles. The van der Waals surface area contributed by atoms with E-state index in [1.165, 1.54) is 10.8 Å². The minimum atomic E-state index is -0.341. The number of non-ortho nitro benzene ring substituents is 1. The number of rotatable bonds is 1. The van der Waals surface area contributed by atoms with Gasteiger partial charge in [0.15, 0.2) is 0 Å². The van der Waals surface area contributed by atoms with Crippen molar-refractivity contribution in [2.75, 3.05) is 0 Å². The van der Waals surface area contributed by atoms with Gasteiger partial charge in [0.05, 0.1) is 21.5 Å². The van der Waals surface area contributed by atoms with Gasteiger partial charge in [-0.15, -0.1) is 0 Å². The summed E-state index contributed by atoms with van der Waals surface area (Å²) in [5.74, 6) is 0. The van der Waals surface area contributed by atoms with Crippen molar-refractivity contribution < 1.29 is 4.92 Å². The van der Waals surface area contributed by atoms with Gasteiger partial charge in [-0.05, 0) is 12.1 Å². The van der Waals surface area contributed by atoms with Crippen LogP contribution in [0.2, 0.25) is 0 Å². The minimum absolute atomic E-state index is 0.130. The van der Waals surface area contributed by atoms with Crippen molar-refractivity contribution >= 4 is 43.8 Å². The molecule has 4 heteroatoms. The molecule has 4 nitrogen and oxygen atoms in total. The van der Waals surface area contributed by atoms with Crippen LogP contribution in [0.5, 0.6) is 0 Å². The standard InChI is InChI=1S/C18H10N2O2/c21-20(22)11-8-9-17-15(10-11)14-6-3-5-13-12-4-1-2-7-16(12)19(17)18(13)14/h1-10H. The molecule has 0 aliphatic heterocycles. The molecule has 0 amide bonds. The molecular formula is C18H10N2O2. The molecule has 0 radical (unpaired) electrons. The molecule has 0 fully saturated rings. The summed E-state index contributed by atoms with van der Waals surface area (Å²) < 4.78 is 2.21. The molecule has 0 aliphatic carbocycles. The molecule has 0 aliphatic rings. The van der Waals surface area contributed by atoms with E-state index in [2.05, 4.69) is 22.6 Å². The Morgan fingerprint density at radius 2 is 1.45 bits per heavy atom. The first kappa shape index (κ1) is 11.5. The zero-order chi connectivity index (χ0) is 14.8. The van der Waals surface area contributed by atoms with E-state index >= 15 is 0 Å². The van der Waals surface area contributed by atoms with E-state index in [9.17, 15) is 10.1 Å². The monoisotopic (exact) mass is 286 g/mol. The van der Waals surface area contributed by atoms with E-state index in [-0.39, 0.29) is 10.6 Å². The van der Waals surface area contributed by atoms with Gasteiger partial charge < -0.3 is 4.40 Å². The number of nitro groups is 1. The summed E-state index contributed by atoms with van der Waals surface area (Å²) >= 11 is 0. The molecule has 2 heterocycles. The van der Waals surface area contributed by atoms with E-state index < -0.39 is 0 Å². The van der Waals surface area contributed by atoms with E-state index in [1.807, 2.05) is 30.3 Å². The number of benzene rings is 3. The number of nitrogens with zero attached hydrogens (tertiary/aromatic N) is 2. The van der Waals surface area contributed by atoms with Gasteiger partial charge in [-0.25, -0.2) is 0 Å². The van der Waals surface area contributed by atoms with Crippen LogP contribution >= 0.6 is 0 Å². The number of hydrogen-bond acceptors (Lipinski definition) is 2. The maximum Gasteiger partial charge on any atom is 0.270 e. The Morgan fingerprint density at radius 1 is 0.773 bits per heavy atom. The van der Waals surface area contributed by atoms with Crippen LogP contribution in [0.15, 0.2) is 60.7 Å². The van der Waals surface area contributed by atoms with Gasteiger partial charge in [-0.3, -0.25) is 10.1 Å². The van der Waals surface area contributed by atoms with Crippen molar-refractivity contribution in [1.29, 1.82) is 0 Å². The zero-order valence-corrected chi connectivity index (χ0v) is 11.5. The zero-order valence-electron chi connectivity index (χ0n) is 11.5. The maximum atomic E-state index is 11.1. The Bertz CT molecular complexity index is 1200. The molecule has 22 heavy (non-hydrogen) atoms. The Labute approximate surface area is 124 Å². The summed E-state index contributed by atoms with van der Waals surface area (Å²) in [6.07, 6.45) is 0. The second-order valence-electron chi connectivity index (χ2n) is 5.51. The van der Waals surface area contributed by atoms with Crippen LogP contribution in [0.1, 0.15) is 0 Å². The van der Waals surface area contributed by atoms with Gasteiger partial charge in [0.1, 0.15) is 0 Å². The van der Waals surface area contributed by atoms with Gasteiger partial charge >= 0.3 is 0 Å². The topological polar surface area (TPSA) is 47.5 Å². The van der Waals surface area contributed by atoms with Crippen LogP contribution in [-0.4, -0.2) is 9.32 Å². The molecule has 0 N–H and O–H groups in total. The van der Waals surface area contributed by atoms with Gasteiger partial charge in [0, 0.05) is 33.7 Å². The van der Waals surface area contributed by atoms with Gasteiger partial charge in [0.2, 0.25) is 0 Å². The van der Waals surface area contributed by atoms with Crippen LogP contribution in [0.4, 0.5) is 5.69 Å². The number of nitro benzene ring substituents is 1. The largest absolute Gasteiger partial charge is 0.308 e. The summed E-state index contributed by atoms with van der Waals surface area (Å²) in [6, 6.07) is 19.5. The van der Waals surface area contributed by atoms with Crippen LogP contribution in [0.25, 0.3) is 38.1 Å². The van der Waals surface area contributed by atoms with Crippen LogP contribution in [0, 0.1) is 10.1 Å². The second kappa shape index (κ2) is 3.74. The highest BCUT2D eigenvalue weighted by molar-refractivity contribution is 6.23. The molecule has 5 aromatic rings. The first-order valence-electron chi connectivity index (χ1n) is 7.07. The lowest BCUT2D eigenvalue weighted by molar-refractivity contribution is -0.384. The first-order chi connectivity index (χ1) is 10.8. The molecule has 0 atom stereocenters. The average molecular weight is 286 g/mol. The SMILES string of the molecule is O=[N+]([O-])c1ccc2c(c1)c1cccc3c4ccccc4n2c31. The summed E-state index contributed by atoms with van der Waals surface area (Å²) in [5, 5.41) is 15.5. The molecule has 3 aromatic carbocycles. The van der Waals surface area contributed by atoms with Crippen LogP contribution in [-0.2, 0) is 0 Å². The Balaban J connectivity index is 2.14. The molecule has 0 bridgehead atoms. The molecule has 104 valence electrons. The van der Waals surface area contributed by atoms with Gasteiger partial charge in [0.25, 0.3) is 5.69 Å². The molecule has 5 rings (SSSR count). The fourth-order valence-electron chi connectivity index (χ4n) is 3.53. The highest BCUT2D eigenvalue weighted by atomic mass is 16.6. The lowest BCUT2D eigenvalue weighted by Crippen LogP contribution is -1.87. The predicted octanol–water partition coefficient (Wildman–Crippen LogP) is 4.74. The third-order valence-electron chi connectivity index (χ3n) is 4.42. The summed E-state index contributed by atoms with van der Waals surface area (Å²) in [5.41, 5.74) is 3.42. The van der Waals surface area contributed by atoms with Crippen molar-refractivity contribution in [2.45, 2.75) is 0 Å². The van der Waals surface area contributed by atoms with Gasteiger partial charge in [-0.2, -0.15) is 0 Å². The molecule has 0 saturated heterocycles. The summed E-state index contributed by atoms with van der Waals surface area (Å²) in [7, 11) is 0. The number of fused-ring (bicyclic) bond motifs is 6. The van der Waals surface area contributed by atoms with Crippen molar-refractivity contribution in [3.63, 3.8) is 0 Å². The number of aromatic nitrogens is 1. The smallest absolute Gasteiger partial charge is 0.270 e. The fraction of sp³-hybridized carbons (Fsp3) is 0. The average Bonchev–Trinajstić information content (AvgIpc) is 3.06. The number of hydrogen-bond donors (Lipinski definition) is 0. The van der Waals surface area contributed by atoms with Gasteiger partial charge in [-0.1, -0.05) is 36.4 Å². The third-order valence-corrected chi connectivity index (χ3v) is 4.42. The van der Waals surface area contributed by atoms with Crippen molar-refractivity contribution in [3.8, 4) is 0 Å². The summed E-state index contributed by atoms with van der Waals surface area (Å²) in [6.45, 7) is 0. The fourth-order valence-corrected chi connectivity index (χ4v) is 3.53. The van der Waals surface area contributed by atoms with Crippen LogP contribution < -0.4 is 0 Å². The van der Waals surface area contributed by atoms with Crippen molar-refractivity contribution in [3.05, 3.63) is 70.8 Å². The predicted molar refractivity (Wildman–Crippen MR) is 87.8 cm³/mol. The Kier molecular flexibility index (Phi) is 1.96. The normalized spacial score (nSPS) is 12.0. The van der Waals surface area contributed by atoms with E-state index in [0.717, 1.165) is 27.3 Å². The van der Waals surface area contributed by atoms with Crippen molar-refractivity contribution in [1.82, 2.24) is 4.40 Å². The second-order valence-corrected chi connectivity index (χ2v) is 5.51. The quantitative estimate of drug-likeness (QED) is 0.330.